The average molecular weight is 343 g/mol. The monoisotopic (exact) mass is 343 g/mol. The van der Waals surface area contributed by atoms with Crippen LogP contribution in [0.5, 0.6) is 5.75 Å². The zero-order chi connectivity index (χ0) is 17.7. The molecule has 132 valence electrons. The Morgan fingerprint density at radius 3 is 2.50 bits per heavy atom. The first kappa shape index (κ1) is 18.3. The summed E-state index contributed by atoms with van der Waals surface area (Å²) >= 11 is 0. The Morgan fingerprint density at radius 1 is 1.29 bits per heavy atom. The van der Waals surface area contributed by atoms with E-state index in [0.29, 0.717) is 13.1 Å². The van der Waals surface area contributed by atoms with Gasteiger partial charge >= 0.3 is 6.18 Å². The topological polar surface area (TPSA) is 50.5 Å². The molecule has 1 aromatic carbocycles. The first-order chi connectivity index (χ1) is 11.2. The van der Waals surface area contributed by atoms with Gasteiger partial charge in [-0.1, -0.05) is 0 Å². The number of rotatable bonds is 7. The van der Waals surface area contributed by atoms with E-state index >= 15 is 0 Å². The number of aliphatic hydroxyl groups is 1. The number of benzene rings is 1. The predicted octanol–water partition coefficient (Wildman–Crippen LogP) is 2.31. The van der Waals surface area contributed by atoms with Gasteiger partial charge in [0.1, 0.15) is 18.5 Å². The third-order valence-corrected chi connectivity index (χ3v) is 3.36. The maximum atomic E-state index is 12.5. The lowest BCUT2D eigenvalue weighted by Crippen LogP contribution is -2.32. The Labute approximate surface area is 138 Å². The Hall–Kier alpha value is -2.06. The molecule has 0 aliphatic rings. The number of alkyl halides is 3. The number of aliphatic hydroxyl groups excluding tert-OH is 1. The van der Waals surface area contributed by atoms with Gasteiger partial charge in [-0.25, -0.2) is 0 Å². The minimum atomic E-state index is -4.37. The normalized spacial score (nSPS) is 13.3. The van der Waals surface area contributed by atoms with Crippen molar-refractivity contribution in [3.8, 4) is 5.75 Å². The van der Waals surface area contributed by atoms with Crippen LogP contribution in [0.3, 0.4) is 0 Å². The number of hydrogen-bond acceptors (Lipinski definition) is 4. The highest BCUT2D eigenvalue weighted by Gasteiger charge is 2.30. The molecule has 1 N–H and O–H groups in total. The molecule has 0 bridgehead atoms. The zero-order valence-corrected chi connectivity index (χ0v) is 13.5. The van der Waals surface area contributed by atoms with Gasteiger partial charge in [0.15, 0.2) is 0 Å². The average Bonchev–Trinajstić information content (AvgIpc) is 2.89. The van der Waals surface area contributed by atoms with Gasteiger partial charge in [0.05, 0.1) is 11.8 Å². The van der Waals surface area contributed by atoms with Crippen molar-refractivity contribution in [2.75, 3.05) is 20.2 Å². The first-order valence-electron chi connectivity index (χ1n) is 7.38. The lowest BCUT2D eigenvalue weighted by atomic mass is 10.2. The Balaban J connectivity index is 1.77. The lowest BCUT2D eigenvalue weighted by Gasteiger charge is -2.20. The van der Waals surface area contributed by atoms with Crippen molar-refractivity contribution >= 4 is 0 Å². The zero-order valence-electron chi connectivity index (χ0n) is 13.5. The Morgan fingerprint density at radius 2 is 1.96 bits per heavy atom. The summed E-state index contributed by atoms with van der Waals surface area (Å²) in [5, 5.41) is 14.1. The first-order valence-corrected chi connectivity index (χ1v) is 7.38. The third-order valence-electron chi connectivity index (χ3n) is 3.36. The fourth-order valence-electron chi connectivity index (χ4n) is 2.27. The molecule has 2 rings (SSSR count). The number of aromatic nitrogens is 2. The van der Waals surface area contributed by atoms with Crippen LogP contribution < -0.4 is 4.74 Å². The quantitative estimate of drug-likeness (QED) is 0.838. The summed E-state index contributed by atoms with van der Waals surface area (Å²) in [5.41, 5.74) is 0.294. The Bertz CT molecular complexity index is 641. The molecule has 0 aliphatic heterocycles. The van der Waals surface area contributed by atoms with Gasteiger partial charge in [-0.15, -0.1) is 0 Å². The predicted molar refractivity (Wildman–Crippen MR) is 82.5 cm³/mol. The molecule has 0 saturated carbocycles. The third kappa shape index (κ3) is 5.54. The molecule has 1 heterocycles. The van der Waals surface area contributed by atoms with Gasteiger partial charge in [-0.3, -0.25) is 9.58 Å². The molecule has 24 heavy (non-hydrogen) atoms. The summed E-state index contributed by atoms with van der Waals surface area (Å²) in [7, 11) is 3.69. The molecule has 0 saturated heterocycles. The molecule has 1 aromatic heterocycles. The van der Waals surface area contributed by atoms with E-state index in [2.05, 4.69) is 5.10 Å². The van der Waals surface area contributed by atoms with Crippen molar-refractivity contribution in [2.45, 2.75) is 18.8 Å². The highest BCUT2D eigenvalue weighted by atomic mass is 19.4. The standard InChI is InChI=1S/C16H20F3N3O2/c1-21(8-12-7-20-22(2)9-12)10-14(23)11-24-15-5-3-13(4-6-15)16(17,18)19/h3-7,9,14,23H,8,10-11H2,1-2H3. The molecule has 0 aliphatic carbocycles. The SMILES string of the molecule is CN(Cc1cnn(C)c1)CC(O)COc1ccc(C(F)(F)F)cc1. The summed E-state index contributed by atoms with van der Waals surface area (Å²) < 4.78 is 44.4. The summed E-state index contributed by atoms with van der Waals surface area (Å²) in [5.74, 6) is 0.289. The van der Waals surface area contributed by atoms with Crippen LogP contribution in [0.15, 0.2) is 36.7 Å². The second-order valence-electron chi connectivity index (χ2n) is 5.71. The number of halogens is 3. The van der Waals surface area contributed by atoms with Crippen molar-refractivity contribution < 1.29 is 23.0 Å². The van der Waals surface area contributed by atoms with E-state index in [-0.39, 0.29) is 12.4 Å². The van der Waals surface area contributed by atoms with Crippen molar-refractivity contribution in [3.05, 3.63) is 47.8 Å². The second-order valence-corrected chi connectivity index (χ2v) is 5.71. The van der Waals surface area contributed by atoms with Crippen molar-refractivity contribution in [3.63, 3.8) is 0 Å². The van der Waals surface area contributed by atoms with Crippen LogP contribution in [-0.4, -0.2) is 46.1 Å². The van der Waals surface area contributed by atoms with E-state index < -0.39 is 17.8 Å². The van der Waals surface area contributed by atoms with Crippen LogP contribution in [-0.2, 0) is 19.8 Å². The second kappa shape index (κ2) is 7.67. The number of hydrogen-bond donors (Lipinski definition) is 1. The van der Waals surface area contributed by atoms with Crippen LogP contribution in [0.4, 0.5) is 13.2 Å². The highest BCUT2D eigenvalue weighted by Crippen LogP contribution is 2.30. The fourth-order valence-corrected chi connectivity index (χ4v) is 2.27. The summed E-state index contributed by atoms with van der Waals surface area (Å²) in [6, 6.07) is 4.40. The van der Waals surface area contributed by atoms with E-state index in [1.807, 2.05) is 25.2 Å². The van der Waals surface area contributed by atoms with Gasteiger partial charge in [0.25, 0.3) is 0 Å². The molecule has 0 amide bonds. The van der Waals surface area contributed by atoms with E-state index in [9.17, 15) is 18.3 Å². The molecule has 0 radical (unpaired) electrons. The summed E-state index contributed by atoms with van der Waals surface area (Å²) in [4.78, 5) is 1.91. The fraction of sp³-hybridized carbons (Fsp3) is 0.438. The van der Waals surface area contributed by atoms with Gasteiger partial charge in [-0.2, -0.15) is 18.3 Å². The maximum Gasteiger partial charge on any atom is 0.416 e. The molecule has 0 fully saturated rings. The molecule has 1 atom stereocenters. The van der Waals surface area contributed by atoms with E-state index in [1.54, 1.807) is 10.9 Å². The van der Waals surface area contributed by atoms with Crippen molar-refractivity contribution in [1.82, 2.24) is 14.7 Å². The van der Waals surface area contributed by atoms with Gasteiger partial charge in [0, 0.05) is 31.9 Å². The highest BCUT2D eigenvalue weighted by molar-refractivity contribution is 5.28. The van der Waals surface area contributed by atoms with Crippen LogP contribution in [0.25, 0.3) is 0 Å². The largest absolute Gasteiger partial charge is 0.491 e. The number of aryl methyl sites for hydroxylation is 1. The molecule has 1 unspecified atom stereocenters. The Kier molecular flexibility index (Phi) is 5.84. The van der Waals surface area contributed by atoms with E-state index in [1.165, 1.54) is 12.1 Å². The van der Waals surface area contributed by atoms with Crippen LogP contribution in [0.2, 0.25) is 0 Å². The molecule has 8 heteroatoms. The molecule has 5 nitrogen and oxygen atoms in total. The lowest BCUT2D eigenvalue weighted by molar-refractivity contribution is -0.137. The van der Waals surface area contributed by atoms with Crippen LogP contribution >= 0.6 is 0 Å². The molecular weight excluding hydrogens is 323 g/mol. The number of ether oxygens (including phenoxy) is 1. The van der Waals surface area contributed by atoms with Gasteiger partial charge in [-0.05, 0) is 31.3 Å². The minimum absolute atomic E-state index is 0.00272. The van der Waals surface area contributed by atoms with Crippen LogP contribution in [0, 0.1) is 0 Å². The van der Waals surface area contributed by atoms with Crippen molar-refractivity contribution in [2.24, 2.45) is 7.05 Å². The van der Waals surface area contributed by atoms with E-state index in [0.717, 1.165) is 17.7 Å². The summed E-state index contributed by atoms with van der Waals surface area (Å²) in [6.45, 7) is 1.00. The van der Waals surface area contributed by atoms with Crippen molar-refractivity contribution in [1.29, 1.82) is 0 Å². The van der Waals surface area contributed by atoms with Gasteiger partial charge in [0.2, 0.25) is 0 Å². The molecule has 0 spiro atoms. The number of likely N-dealkylation sites (N-methyl/N-ethyl adjacent to an activating group) is 1. The smallest absolute Gasteiger partial charge is 0.416 e. The summed E-state index contributed by atoms with van der Waals surface area (Å²) in [6.07, 6.45) is -1.48. The molecule has 2 aromatic rings. The van der Waals surface area contributed by atoms with Gasteiger partial charge < -0.3 is 9.84 Å². The van der Waals surface area contributed by atoms with Crippen LogP contribution in [0.1, 0.15) is 11.1 Å². The van der Waals surface area contributed by atoms with E-state index in [4.69, 9.17) is 4.74 Å². The number of nitrogens with zero attached hydrogens (tertiary/aromatic N) is 3. The maximum absolute atomic E-state index is 12.5. The minimum Gasteiger partial charge on any atom is -0.491 e. The molecular formula is C16H20F3N3O2.